The number of hydrogen-bond acceptors (Lipinski definition) is 3. The lowest BCUT2D eigenvalue weighted by atomic mass is 9.91. The summed E-state index contributed by atoms with van der Waals surface area (Å²) < 4.78 is 10.6. The average Bonchev–Trinajstić information content (AvgIpc) is 2.33. The van der Waals surface area contributed by atoms with Crippen LogP contribution in [-0.2, 0) is 11.2 Å². The van der Waals surface area contributed by atoms with Crippen LogP contribution in [0.5, 0.6) is 5.75 Å². The topological polar surface area (TPSA) is 44.5 Å². The van der Waals surface area contributed by atoms with Crippen molar-refractivity contribution < 1.29 is 9.47 Å². The van der Waals surface area contributed by atoms with E-state index >= 15 is 0 Å². The maximum Gasteiger partial charge on any atom is 0.119 e. The van der Waals surface area contributed by atoms with E-state index in [-0.39, 0.29) is 0 Å². The molecule has 1 aliphatic rings. The minimum Gasteiger partial charge on any atom is -0.497 e. The lowest BCUT2D eigenvalue weighted by Crippen LogP contribution is -2.18. The first-order valence-corrected chi connectivity index (χ1v) is 5.79. The van der Waals surface area contributed by atoms with Gasteiger partial charge in [0, 0.05) is 18.9 Å². The number of methoxy groups -OCH3 is 1. The van der Waals surface area contributed by atoms with Crippen molar-refractivity contribution in [3.8, 4) is 5.75 Å². The van der Waals surface area contributed by atoms with E-state index < -0.39 is 0 Å². The highest BCUT2D eigenvalue weighted by Crippen LogP contribution is 2.26. The third-order valence-electron chi connectivity index (χ3n) is 3.20. The fraction of sp³-hybridized carbons (Fsp3) is 0.538. The summed E-state index contributed by atoms with van der Waals surface area (Å²) >= 11 is 0. The molecule has 0 amide bonds. The molecule has 0 radical (unpaired) electrons. The summed E-state index contributed by atoms with van der Waals surface area (Å²) in [6.45, 7) is 1.77. The second kappa shape index (κ2) is 5.21. The van der Waals surface area contributed by atoms with Crippen molar-refractivity contribution in [2.24, 2.45) is 5.92 Å². The van der Waals surface area contributed by atoms with Gasteiger partial charge in [-0.05, 0) is 48.9 Å². The van der Waals surface area contributed by atoms with Gasteiger partial charge >= 0.3 is 0 Å². The molecular formula is C13H19NO2. The molecule has 16 heavy (non-hydrogen) atoms. The summed E-state index contributed by atoms with van der Waals surface area (Å²) in [6, 6.07) is 5.88. The maximum atomic E-state index is 5.97. The summed E-state index contributed by atoms with van der Waals surface area (Å²) in [5.74, 6) is 1.58. The molecule has 88 valence electrons. The maximum absolute atomic E-state index is 5.97. The molecule has 3 nitrogen and oxygen atoms in total. The molecule has 0 unspecified atom stereocenters. The smallest absolute Gasteiger partial charge is 0.119 e. The minimum atomic E-state index is 0.697. The first-order chi connectivity index (χ1) is 7.79. The Bertz CT molecular complexity index is 346. The highest BCUT2D eigenvalue weighted by molar-refractivity contribution is 5.50. The first kappa shape index (κ1) is 11.3. The van der Waals surface area contributed by atoms with Gasteiger partial charge in [0.15, 0.2) is 0 Å². The Labute approximate surface area is 96.5 Å². The molecule has 1 aliphatic heterocycles. The molecule has 1 aromatic rings. The van der Waals surface area contributed by atoms with Crippen molar-refractivity contribution in [1.82, 2.24) is 0 Å². The zero-order valence-corrected chi connectivity index (χ0v) is 9.74. The van der Waals surface area contributed by atoms with Crippen molar-refractivity contribution in [2.45, 2.75) is 19.3 Å². The normalized spacial score (nSPS) is 17.3. The van der Waals surface area contributed by atoms with Gasteiger partial charge in [0.05, 0.1) is 7.11 Å². The number of benzene rings is 1. The molecule has 1 aromatic carbocycles. The van der Waals surface area contributed by atoms with Gasteiger partial charge in [0.25, 0.3) is 0 Å². The Morgan fingerprint density at radius 3 is 2.81 bits per heavy atom. The quantitative estimate of drug-likeness (QED) is 0.796. The second-order valence-electron chi connectivity index (χ2n) is 4.32. The minimum absolute atomic E-state index is 0.697. The van der Waals surface area contributed by atoms with Gasteiger partial charge in [-0.15, -0.1) is 0 Å². The van der Waals surface area contributed by atoms with E-state index in [1.807, 2.05) is 18.2 Å². The molecule has 1 fully saturated rings. The van der Waals surface area contributed by atoms with Crippen LogP contribution in [0.15, 0.2) is 18.2 Å². The van der Waals surface area contributed by atoms with Crippen LogP contribution in [0, 0.1) is 5.92 Å². The fourth-order valence-electron chi connectivity index (χ4n) is 2.15. The molecule has 0 aromatic heterocycles. The highest BCUT2D eigenvalue weighted by atomic mass is 16.5. The molecule has 0 bridgehead atoms. The van der Waals surface area contributed by atoms with Crippen molar-refractivity contribution in [3.05, 3.63) is 23.8 Å². The second-order valence-corrected chi connectivity index (χ2v) is 4.32. The standard InChI is InChI=1S/C13H19NO2/c1-15-12-2-3-13(14)11(9-12)8-10-4-6-16-7-5-10/h2-3,9-10H,4-8,14H2,1H3. The lowest BCUT2D eigenvalue weighted by molar-refractivity contribution is 0.0666. The van der Waals surface area contributed by atoms with Crippen LogP contribution in [0.2, 0.25) is 0 Å². The summed E-state index contributed by atoms with van der Waals surface area (Å²) in [5.41, 5.74) is 8.04. The van der Waals surface area contributed by atoms with Crippen LogP contribution in [0.1, 0.15) is 18.4 Å². The van der Waals surface area contributed by atoms with Crippen molar-refractivity contribution in [3.63, 3.8) is 0 Å². The van der Waals surface area contributed by atoms with Gasteiger partial charge in [0.1, 0.15) is 5.75 Å². The van der Waals surface area contributed by atoms with Gasteiger partial charge in [-0.25, -0.2) is 0 Å². The van der Waals surface area contributed by atoms with Crippen LogP contribution >= 0.6 is 0 Å². The Kier molecular flexibility index (Phi) is 3.67. The average molecular weight is 221 g/mol. The summed E-state index contributed by atoms with van der Waals surface area (Å²) in [7, 11) is 1.68. The molecule has 1 heterocycles. The Balaban J connectivity index is 2.06. The van der Waals surface area contributed by atoms with Crippen molar-refractivity contribution in [2.75, 3.05) is 26.1 Å². The molecule has 0 aliphatic carbocycles. The van der Waals surface area contributed by atoms with Gasteiger partial charge in [0.2, 0.25) is 0 Å². The number of nitrogens with two attached hydrogens (primary N) is 1. The van der Waals surface area contributed by atoms with Crippen LogP contribution in [0.4, 0.5) is 5.69 Å². The van der Waals surface area contributed by atoms with E-state index in [0.717, 1.165) is 43.9 Å². The van der Waals surface area contributed by atoms with E-state index in [4.69, 9.17) is 15.2 Å². The van der Waals surface area contributed by atoms with Crippen molar-refractivity contribution in [1.29, 1.82) is 0 Å². The monoisotopic (exact) mass is 221 g/mol. The number of nitrogen functional groups attached to an aromatic ring is 1. The fourth-order valence-corrected chi connectivity index (χ4v) is 2.15. The van der Waals surface area contributed by atoms with E-state index in [1.54, 1.807) is 7.11 Å². The van der Waals surface area contributed by atoms with Crippen molar-refractivity contribution >= 4 is 5.69 Å². The number of anilines is 1. The van der Waals surface area contributed by atoms with Gasteiger partial charge in [-0.2, -0.15) is 0 Å². The third kappa shape index (κ3) is 2.67. The zero-order valence-electron chi connectivity index (χ0n) is 9.74. The lowest BCUT2D eigenvalue weighted by Gasteiger charge is -2.22. The van der Waals surface area contributed by atoms with E-state index in [2.05, 4.69) is 0 Å². The Morgan fingerprint density at radius 2 is 2.12 bits per heavy atom. The SMILES string of the molecule is COc1ccc(N)c(CC2CCOCC2)c1. The van der Waals surface area contributed by atoms with E-state index in [9.17, 15) is 0 Å². The van der Waals surface area contributed by atoms with Crippen LogP contribution in [-0.4, -0.2) is 20.3 Å². The van der Waals surface area contributed by atoms with E-state index in [1.165, 1.54) is 5.56 Å². The molecule has 1 saturated heterocycles. The largest absolute Gasteiger partial charge is 0.497 e. The molecular weight excluding hydrogens is 202 g/mol. The number of ether oxygens (including phenoxy) is 2. The molecule has 0 atom stereocenters. The summed E-state index contributed by atoms with van der Waals surface area (Å²) in [6.07, 6.45) is 3.31. The van der Waals surface area contributed by atoms with Gasteiger partial charge in [-0.3, -0.25) is 0 Å². The molecule has 2 rings (SSSR count). The van der Waals surface area contributed by atoms with Crippen LogP contribution in [0.25, 0.3) is 0 Å². The molecule has 0 saturated carbocycles. The molecule has 3 heteroatoms. The number of hydrogen-bond donors (Lipinski definition) is 1. The summed E-state index contributed by atoms with van der Waals surface area (Å²) in [5, 5.41) is 0. The van der Waals surface area contributed by atoms with Crippen LogP contribution < -0.4 is 10.5 Å². The predicted molar refractivity (Wildman–Crippen MR) is 64.7 cm³/mol. The van der Waals surface area contributed by atoms with Gasteiger partial charge < -0.3 is 15.2 Å². The molecule has 0 spiro atoms. The summed E-state index contributed by atoms with van der Waals surface area (Å²) in [4.78, 5) is 0. The van der Waals surface area contributed by atoms with E-state index in [0.29, 0.717) is 5.92 Å². The molecule has 2 N–H and O–H groups in total. The first-order valence-electron chi connectivity index (χ1n) is 5.79. The Hall–Kier alpha value is -1.22. The number of rotatable bonds is 3. The van der Waals surface area contributed by atoms with Gasteiger partial charge in [-0.1, -0.05) is 0 Å². The Morgan fingerprint density at radius 1 is 1.38 bits per heavy atom. The zero-order chi connectivity index (χ0) is 11.4. The van der Waals surface area contributed by atoms with Crippen LogP contribution in [0.3, 0.4) is 0 Å². The third-order valence-corrected chi connectivity index (χ3v) is 3.20. The highest BCUT2D eigenvalue weighted by Gasteiger charge is 2.15. The predicted octanol–water partition coefficient (Wildman–Crippen LogP) is 2.25.